The standard InChI is InChI=1S/C27H35N3O2/c1-21-24(10-7-11-25(21)32-3)26(29-16-13-23(14-17-29)20-31-2)27-28-15-19-30(27)18-12-22-8-5-4-6-9-22/h4-11,15,19,23,26H,12-14,16-18,20H2,1-3H3. The molecule has 4 rings (SSSR count). The molecule has 0 N–H and O–H groups in total. The molecule has 0 spiro atoms. The Balaban J connectivity index is 1.64. The first-order valence-electron chi connectivity index (χ1n) is 11.6. The molecule has 2 heterocycles. The van der Waals surface area contributed by atoms with Gasteiger partial charge >= 0.3 is 0 Å². The summed E-state index contributed by atoms with van der Waals surface area (Å²) in [7, 11) is 3.55. The SMILES string of the molecule is COCC1CCN(C(c2cccc(OC)c2C)c2nccn2CCc2ccccc2)CC1. The number of piperidine rings is 1. The molecule has 0 amide bonds. The lowest BCUT2D eigenvalue weighted by atomic mass is 9.92. The van der Waals surface area contributed by atoms with Crippen molar-refractivity contribution in [2.75, 3.05) is 33.9 Å². The Morgan fingerprint density at radius 2 is 1.81 bits per heavy atom. The molecular weight excluding hydrogens is 398 g/mol. The molecule has 5 heteroatoms. The number of aromatic nitrogens is 2. The highest BCUT2D eigenvalue weighted by Crippen LogP contribution is 2.36. The average molecular weight is 434 g/mol. The van der Waals surface area contributed by atoms with Gasteiger partial charge in [-0.2, -0.15) is 0 Å². The van der Waals surface area contributed by atoms with E-state index in [2.05, 4.69) is 65.1 Å². The van der Waals surface area contributed by atoms with Crippen LogP contribution < -0.4 is 4.74 Å². The van der Waals surface area contributed by atoms with Gasteiger partial charge in [0.2, 0.25) is 0 Å². The highest BCUT2D eigenvalue weighted by Gasteiger charge is 2.31. The molecule has 3 aromatic rings. The van der Waals surface area contributed by atoms with Gasteiger partial charge in [0.15, 0.2) is 0 Å². The first kappa shape index (κ1) is 22.6. The number of rotatable bonds is 9. The number of likely N-dealkylation sites (tertiary alicyclic amines) is 1. The number of nitrogens with zero attached hydrogens (tertiary/aromatic N) is 3. The van der Waals surface area contributed by atoms with Gasteiger partial charge in [-0.25, -0.2) is 4.98 Å². The Kier molecular flexibility index (Phi) is 7.61. The fourth-order valence-electron chi connectivity index (χ4n) is 4.91. The Labute approximate surface area is 192 Å². The van der Waals surface area contributed by atoms with Gasteiger partial charge in [-0.3, -0.25) is 4.90 Å². The molecule has 1 atom stereocenters. The zero-order valence-corrected chi connectivity index (χ0v) is 19.5. The lowest BCUT2D eigenvalue weighted by Gasteiger charge is -2.38. The summed E-state index contributed by atoms with van der Waals surface area (Å²) in [6.07, 6.45) is 7.36. The molecule has 2 aromatic carbocycles. The maximum Gasteiger partial charge on any atom is 0.130 e. The van der Waals surface area contributed by atoms with Crippen molar-refractivity contribution in [1.82, 2.24) is 14.5 Å². The van der Waals surface area contributed by atoms with Gasteiger partial charge < -0.3 is 14.0 Å². The summed E-state index contributed by atoms with van der Waals surface area (Å²) >= 11 is 0. The summed E-state index contributed by atoms with van der Waals surface area (Å²) in [6, 6.07) is 17.2. The topological polar surface area (TPSA) is 39.5 Å². The van der Waals surface area contributed by atoms with E-state index in [4.69, 9.17) is 14.5 Å². The van der Waals surface area contributed by atoms with Crippen LogP contribution in [-0.4, -0.2) is 48.4 Å². The number of benzene rings is 2. The predicted octanol–water partition coefficient (Wildman–Crippen LogP) is 4.89. The Morgan fingerprint density at radius 1 is 1.03 bits per heavy atom. The number of imidazole rings is 1. The third-order valence-corrected chi connectivity index (χ3v) is 6.73. The van der Waals surface area contributed by atoms with E-state index < -0.39 is 0 Å². The first-order chi connectivity index (χ1) is 15.7. The molecule has 170 valence electrons. The summed E-state index contributed by atoms with van der Waals surface area (Å²) in [5.41, 5.74) is 3.82. The average Bonchev–Trinajstić information content (AvgIpc) is 3.29. The van der Waals surface area contributed by atoms with Crippen LogP contribution in [0, 0.1) is 12.8 Å². The highest BCUT2D eigenvalue weighted by atomic mass is 16.5. The maximum atomic E-state index is 5.66. The van der Waals surface area contributed by atoms with Crippen molar-refractivity contribution in [3.05, 3.63) is 83.4 Å². The monoisotopic (exact) mass is 433 g/mol. The fourth-order valence-corrected chi connectivity index (χ4v) is 4.91. The zero-order valence-electron chi connectivity index (χ0n) is 19.5. The molecule has 1 aromatic heterocycles. The van der Waals surface area contributed by atoms with E-state index in [-0.39, 0.29) is 6.04 Å². The van der Waals surface area contributed by atoms with Crippen molar-refractivity contribution in [1.29, 1.82) is 0 Å². The second-order valence-corrected chi connectivity index (χ2v) is 8.73. The van der Waals surface area contributed by atoms with Gasteiger partial charge in [0, 0.05) is 32.7 Å². The number of ether oxygens (including phenoxy) is 2. The molecule has 0 saturated carbocycles. The van der Waals surface area contributed by atoms with Crippen LogP contribution in [0.2, 0.25) is 0 Å². The summed E-state index contributed by atoms with van der Waals surface area (Å²) in [5, 5.41) is 0. The van der Waals surface area contributed by atoms with Crippen LogP contribution in [0.25, 0.3) is 0 Å². The summed E-state index contributed by atoms with van der Waals surface area (Å²) < 4.78 is 13.4. The highest BCUT2D eigenvalue weighted by molar-refractivity contribution is 5.43. The second kappa shape index (κ2) is 10.8. The fraction of sp³-hybridized carbons (Fsp3) is 0.444. The molecule has 1 aliphatic heterocycles. The van der Waals surface area contributed by atoms with Crippen LogP contribution >= 0.6 is 0 Å². The third kappa shape index (κ3) is 5.05. The quantitative estimate of drug-likeness (QED) is 0.482. The van der Waals surface area contributed by atoms with Crippen molar-refractivity contribution in [2.45, 2.75) is 38.8 Å². The maximum absolute atomic E-state index is 5.66. The molecule has 5 nitrogen and oxygen atoms in total. The van der Waals surface area contributed by atoms with Gasteiger partial charge in [-0.05, 0) is 68.0 Å². The van der Waals surface area contributed by atoms with Crippen molar-refractivity contribution in [3.63, 3.8) is 0 Å². The van der Waals surface area contributed by atoms with E-state index in [1.165, 1.54) is 16.7 Å². The molecule has 32 heavy (non-hydrogen) atoms. The molecule has 0 radical (unpaired) electrons. The molecule has 1 aliphatic rings. The molecule has 0 bridgehead atoms. The van der Waals surface area contributed by atoms with Gasteiger partial charge in [0.05, 0.1) is 13.2 Å². The number of methoxy groups -OCH3 is 2. The summed E-state index contributed by atoms with van der Waals surface area (Å²) in [4.78, 5) is 7.48. The van der Waals surface area contributed by atoms with Gasteiger partial charge in [0.25, 0.3) is 0 Å². The largest absolute Gasteiger partial charge is 0.496 e. The van der Waals surface area contributed by atoms with Crippen molar-refractivity contribution in [3.8, 4) is 5.75 Å². The Morgan fingerprint density at radius 3 is 2.53 bits per heavy atom. The van der Waals surface area contributed by atoms with E-state index in [9.17, 15) is 0 Å². The number of hydrogen-bond acceptors (Lipinski definition) is 4. The van der Waals surface area contributed by atoms with Crippen LogP contribution in [0.4, 0.5) is 0 Å². The summed E-state index contributed by atoms with van der Waals surface area (Å²) in [6.45, 7) is 6.01. The van der Waals surface area contributed by atoms with Crippen LogP contribution in [0.5, 0.6) is 5.75 Å². The Hall–Kier alpha value is -2.63. The second-order valence-electron chi connectivity index (χ2n) is 8.73. The summed E-state index contributed by atoms with van der Waals surface area (Å²) in [5.74, 6) is 2.69. The van der Waals surface area contributed by atoms with Crippen molar-refractivity contribution >= 4 is 0 Å². The predicted molar refractivity (Wildman–Crippen MR) is 128 cm³/mol. The lowest BCUT2D eigenvalue weighted by Crippen LogP contribution is -2.39. The van der Waals surface area contributed by atoms with E-state index in [0.29, 0.717) is 5.92 Å². The minimum Gasteiger partial charge on any atom is -0.496 e. The molecular formula is C27H35N3O2. The van der Waals surface area contributed by atoms with Crippen LogP contribution in [0.1, 0.15) is 41.4 Å². The minimum atomic E-state index is 0.111. The van der Waals surface area contributed by atoms with E-state index in [1.807, 2.05) is 12.3 Å². The van der Waals surface area contributed by atoms with E-state index in [0.717, 1.165) is 57.1 Å². The molecule has 1 fully saturated rings. The van der Waals surface area contributed by atoms with Crippen LogP contribution in [-0.2, 0) is 17.7 Å². The number of aryl methyl sites for hydroxylation is 2. The van der Waals surface area contributed by atoms with Crippen molar-refractivity contribution < 1.29 is 9.47 Å². The minimum absolute atomic E-state index is 0.111. The van der Waals surface area contributed by atoms with Crippen LogP contribution in [0.3, 0.4) is 0 Å². The smallest absolute Gasteiger partial charge is 0.130 e. The normalized spacial score (nSPS) is 16.2. The molecule has 1 saturated heterocycles. The first-order valence-corrected chi connectivity index (χ1v) is 11.6. The molecule has 1 unspecified atom stereocenters. The van der Waals surface area contributed by atoms with Gasteiger partial charge in [0.1, 0.15) is 11.6 Å². The molecule has 0 aliphatic carbocycles. The van der Waals surface area contributed by atoms with E-state index in [1.54, 1.807) is 14.2 Å². The lowest BCUT2D eigenvalue weighted by molar-refractivity contribution is 0.0849. The van der Waals surface area contributed by atoms with Crippen LogP contribution in [0.15, 0.2) is 60.9 Å². The third-order valence-electron chi connectivity index (χ3n) is 6.73. The zero-order chi connectivity index (χ0) is 22.3. The van der Waals surface area contributed by atoms with Gasteiger partial charge in [-0.15, -0.1) is 0 Å². The Bertz CT molecular complexity index is 978. The van der Waals surface area contributed by atoms with Gasteiger partial charge in [-0.1, -0.05) is 42.5 Å². The van der Waals surface area contributed by atoms with E-state index >= 15 is 0 Å². The van der Waals surface area contributed by atoms with Crippen molar-refractivity contribution in [2.24, 2.45) is 5.92 Å². The number of hydrogen-bond donors (Lipinski definition) is 0.